The molecule has 0 spiro atoms. The lowest BCUT2D eigenvalue weighted by Gasteiger charge is -2.15. The van der Waals surface area contributed by atoms with Gasteiger partial charge in [-0.1, -0.05) is 18.2 Å². The van der Waals surface area contributed by atoms with E-state index in [1.54, 1.807) is 0 Å². The van der Waals surface area contributed by atoms with Crippen LogP contribution in [0, 0.1) is 6.92 Å². The highest BCUT2D eigenvalue weighted by Gasteiger charge is 2.30. The Balaban J connectivity index is 1.75. The minimum absolute atomic E-state index is 0.00774. The van der Waals surface area contributed by atoms with Crippen molar-refractivity contribution >= 4 is 17.6 Å². The number of guanidine groups is 1. The van der Waals surface area contributed by atoms with Gasteiger partial charge >= 0.3 is 6.18 Å². The summed E-state index contributed by atoms with van der Waals surface area (Å²) in [5.74, 6) is -0.328. The van der Waals surface area contributed by atoms with Crippen LogP contribution in [0.2, 0.25) is 0 Å². The molecule has 1 atom stereocenters. The third kappa shape index (κ3) is 5.80. The highest BCUT2D eigenvalue weighted by atomic mass is 19.4. The van der Waals surface area contributed by atoms with Crippen LogP contribution in [0.3, 0.4) is 0 Å². The van der Waals surface area contributed by atoms with E-state index in [-0.39, 0.29) is 17.6 Å². The summed E-state index contributed by atoms with van der Waals surface area (Å²) in [6.07, 6.45) is -2.59. The minimum atomic E-state index is -4.45. The van der Waals surface area contributed by atoms with Crippen LogP contribution in [0.15, 0.2) is 53.5 Å². The van der Waals surface area contributed by atoms with Gasteiger partial charge < -0.3 is 10.1 Å². The molecule has 8 heteroatoms. The Morgan fingerprint density at radius 2 is 1.90 bits per heavy atom. The number of para-hydroxylation sites is 1. The number of rotatable bonds is 4. The van der Waals surface area contributed by atoms with Gasteiger partial charge in [0.25, 0.3) is 5.91 Å². The van der Waals surface area contributed by atoms with Crippen LogP contribution in [0.1, 0.15) is 34.3 Å². The Morgan fingerprint density at radius 1 is 1.17 bits per heavy atom. The van der Waals surface area contributed by atoms with E-state index in [1.807, 2.05) is 31.2 Å². The number of nitrogens with zero attached hydrogens (tertiary/aromatic N) is 1. The molecule has 2 aromatic rings. The number of halogens is 3. The molecule has 5 nitrogen and oxygen atoms in total. The molecule has 1 amide bonds. The average Bonchev–Trinajstić information content (AvgIpc) is 3.21. The molecule has 29 heavy (non-hydrogen) atoms. The smallest absolute Gasteiger partial charge is 0.376 e. The first-order valence-electron chi connectivity index (χ1n) is 9.30. The zero-order valence-electron chi connectivity index (χ0n) is 15.9. The third-order valence-corrected chi connectivity index (χ3v) is 4.58. The lowest BCUT2D eigenvalue weighted by atomic mass is 10.1. The summed E-state index contributed by atoms with van der Waals surface area (Å²) in [4.78, 5) is 17.0. The molecular weight excluding hydrogens is 383 g/mol. The van der Waals surface area contributed by atoms with E-state index in [0.29, 0.717) is 13.2 Å². The maximum atomic E-state index is 12.7. The van der Waals surface area contributed by atoms with Gasteiger partial charge in [0.05, 0.1) is 18.2 Å². The summed E-state index contributed by atoms with van der Waals surface area (Å²) in [5.41, 5.74) is 1.03. The zero-order valence-corrected chi connectivity index (χ0v) is 15.9. The molecule has 0 saturated carbocycles. The van der Waals surface area contributed by atoms with Gasteiger partial charge in [0.1, 0.15) is 0 Å². The first-order chi connectivity index (χ1) is 13.8. The second-order valence-electron chi connectivity index (χ2n) is 6.79. The van der Waals surface area contributed by atoms with Crippen molar-refractivity contribution in [3.63, 3.8) is 0 Å². The number of carbonyl (C=O) groups excluding carboxylic acids is 1. The van der Waals surface area contributed by atoms with E-state index in [2.05, 4.69) is 15.6 Å². The predicted molar refractivity (Wildman–Crippen MR) is 105 cm³/mol. The van der Waals surface area contributed by atoms with Crippen LogP contribution < -0.4 is 10.6 Å². The van der Waals surface area contributed by atoms with Gasteiger partial charge in [0, 0.05) is 17.9 Å². The molecule has 1 saturated heterocycles. The first-order valence-corrected chi connectivity index (χ1v) is 9.30. The lowest BCUT2D eigenvalue weighted by Crippen LogP contribution is -2.37. The molecule has 1 fully saturated rings. The number of hydrogen-bond acceptors (Lipinski definition) is 3. The monoisotopic (exact) mass is 405 g/mol. The molecule has 1 heterocycles. The fourth-order valence-corrected chi connectivity index (χ4v) is 2.92. The predicted octanol–water partition coefficient (Wildman–Crippen LogP) is 4.39. The van der Waals surface area contributed by atoms with E-state index < -0.39 is 17.6 Å². The Labute approximate surface area is 167 Å². The Hall–Kier alpha value is -2.87. The fraction of sp³-hybridized carbons (Fsp3) is 0.333. The molecule has 0 aliphatic carbocycles. The zero-order chi connectivity index (χ0) is 20.9. The molecular formula is C21H22F3N3O2. The maximum Gasteiger partial charge on any atom is 0.416 e. The van der Waals surface area contributed by atoms with E-state index in [0.717, 1.165) is 48.4 Å². The maximum absolute atomic E-state index is 12.7. The molecule has 0 bridgehead atoms. The van der Waals surface area contributed by atoms with Crippen LogP contribution in [0.25, 0.3) is 0 Å². The number of nitrogens with one attached hydrogen (secondary N) is 2. The molecule has 0 radical (unpaired) electrons. The Bertz CT molecular complexity index is 873. The summed E-state index contributed by atoms with van der Waals surface area (Å²) < 4.78 is 43.7. The first kappa shape index (κ1) is 20.9. The summed E-state index contributed by atoms with van der Waals surface area (Å²) in [7, 11) is 0. The Morgan fingerprint density at radius 3 is 2.52 bits per heavy atom. The van der Waals surface area contributed by atoms with Crippen LogP contribution in [-0.4, -0.2) is 31.1 Å². The van der Waals surface area contributed by atoms with E-state index in [1.165, 1.54) is 0 Å². The van der Waals surface area contributed by atoms with E-state index in [4.69, 9.17) is 4.74 Å². The second kappa shape index (κ2) is 9.09. The van der Waals surface area contributed by atoms with Crippen molar-refractivity contribution in [3.8, 4) is 0 Å². The fourth-order valence-electron chi connectivity index (χ4n) is 2.92. The molecule has 3 rings (SSSR count). The number of anilines is 1. The number of aryl methyl sites for hydroxylation is 1. The van der Waals surface area contributed by atoms with Gasteiger partial charge in [-0.15, -0.1) is 0 Å². The Kier molecular flexibility index (Phi) is 6.53. The SMILES string of the molecule is Cc1ccccc1NC(=NC[C@H]1CCCO1)NC(=O)c1ccc(C(F)(F)F)cc1. The number of amides is 1. The second-order valence-corrected chi connectivity index (χ2v) is 6.79. The normalized spacial score (nSPS) is 17.2. The van der Waals surface area contributed by atoms with Crippen LogP contribution in [-0.2, 0) is 10.9 Å². The molecule has 1 aliphatic heterocycles. The largest absolute Gasteiger partial charge is 0.416 e. The van der Waals surface area contributed by atoms with Crippen molar-refractivity contribution < 1.29 is 22.7 Å². The number of ether oxygens (including phenoxy) is 1. The van der Waals surface area contributed by atoms with E-state index >= 15 is 0 Å². The molecule has 1 aliphatic rings. The summed E-state index contributed by atoms with van der Waals surface area (Å²) in [6.45, 7) is 2.98. The van der Waals surface area contributed by atoms with Crippen LogP contribution in [0.4, 0.5) is 18.9 Å². The summed E-state index contributed by atoms with van der Waals surface area (Å²) in [5, 5.41) is 5.74. The van der Waals surface area contributed by atoms with Gasteiger partial charge in [-0.25, -0.2) is 4.99 Å². The topological polar surface area (TPSA) is 62.7 Å². The molecule has 2 N–H and O–H groups in total. The van der Waals surface area contributed by atoms with E-state index in [9.17, 15) is 18.0 Å². The van der Waals surface area contributed by atoms with Gasteiger partial charge in [-0.05, 0) is 55.7 Å². The number of benzene rings is 2. The van der Waals surface area contributed by atoms with Crippen molar-refractivity contribution in [3.05, 3.63) is 65.2 Å². The number of alkyl halides is 3. The minimum Gasteiger partial charge on any atom is -0.376 e. The molecule has 154 valence electrons. The number of hydrogen-bond donors (Lipinski definition) is 2. The van der Waals surface area contributed by atoms with Gasteiger partial charge in [-0.2, -0.15) is 13.2 Å². The van der Waals surface area contributed by atoms with Crippen LogP contribution >= 0.6 is 0 Å². The summed E-state index contributed by atoms with van der Waals surface area (Å²) >= 11 is 0. The summed E-state index contributed by atoms with van der Waals surface area (Å²) in [6, 6.07) is 11.6. The van der Waals surface area contributed by atoms with Crippen molar-refractivity contribution in [2.75, 3.05) is 18.5 Å². The highest BCUT2D eigenvalue weighted by molar-refractivity contribution is 6.10. The quantitative estimate of drug-likeness (QED) is 0.586. The average molecular weight is 405 g/mol. The van der Waals surface area contributed by atoms with Crippen molar-refractivity contribution in [1.82, 2.24) is 5.32 Å². The molecule has 0 unspecified atom stereocenters. The molecule has 0 aromatic heterocycles. The number of aliphatic imine (C=N–C) groups is 1. The van der Waals surface area contributed by atoms with Crippen LogP contribution in [0.5, 0.6) is 0 Å². The lowest BCUT2D eigenvalue weighted by molar-refractivity contribution is -0.137. The highest BCUT2D eigenvalue weighted by Crippen LogP contribution is 2.29. The van der Waals surface area contributed by atoms with Crippen molar-refractivity contribution in [2.45, 2.75) is 32.0 Å². The van der Waals surface area contributed by atoms with Gasteiger partial charge in [-0.3, -0.25) is 10.1 Å². The van der Waals surface area contributed by atoms with Gasteiger partial charge in [0.15, 0.2) is 0 Å². The third-order valence-electron chi connectivity index (χ3n) is 4.58. The van der Waals surface area contributed by atoms with Crippen molar-refractivity contribution in [1.29, 1.82) is 0 Å². The van der Waals surface area contributed by atoms with Gasteiger partial charge in [0.2, 0.25) is 5.96 Å². The van der Waals surface area contributed by atoms with Crippen molar-refractivity contribution in [2.24, 2.45) is 4.99 Å². The molecule has 2 aromatic carbocycles. The standard InChI is InChI=1S/C21H22F3N3O2/c1-14-5-2-3-7-18(14)26-20(25-13-17-6-4-12-29-17)27-19(28)15-8-10-16(11-9-15)21(22,23)24/h2-3,5,7-11,17H,4,6,12-13H2,1H3,(H2,25,26,27,28)/t17-/m1/s1. The number of carbonyl (C=O) groups is 1.